The molecule has 1 aliphatic rings. The number of halogens is 2. The first-order valence-corrected chi connectivity index (χ1v) is 13.6. The molecule has 34 heavy (non-hydrogen) atoms. The Bertz CT molecular complexity index is 1300. The molecular formula is C21H25F2N3O6S2. The Morgan fingerprint density at radius 3 is 2.26 bits per heavy atom. The molecule has 2 aromatic carbocycles. The van der Waals surface area contributed by atoms with Crippen LogP contribution in [0.1, 0.15) is 19.8 Å². The van der Waals surface area contributed by atoms with Crippen molar-refractivity contribution < 1.29 is 35.1 Å². The molecule has 13 heteroatoms. The molecule has 1 aliphatic heterocycles. The molecule has 9 nitrogen and oxygen atoms in total. The number of sulfonamides is 2. The lowest BCUT2D eigenvalue weighted by Gasteiger charge is -2.28. The lowest BCUT2D eigenvalue weighted by Crippen LogP contribution is -2.45. The third-order valence-corrected chi connectivity index (χ3v) is 8.51. The van der Waals surface area contributed by atoms with E-state index in [-0.39, 0.29) is 22.0 Å². The van der Waals surface area contributed by atoms with E-state index in [0.717, 1.165) is 31.2 Å². The summed E-state index contributed by atoms with van der Waals surface area (Å²) < 4.78 is 84.9. The summed E-state index contributed by atoms with van der Waals surface area (Å²) in [5, 5.41) is 2.49. The number of amides is 1. The van der Waals surface area contributed by atoms with Crippen LogP contribution in [0.15, 0.2) is 41.3 Å². The molecule has 186 valence electrons. The molecule has 0 radical (unpaired) electrons. The van der Waals surface area contributed by atoms with Crippen molar-refractivity contribution in [3.05, 3.63) is 48.0 Å². The summed E-state index contributed by atoms with van der Waals surface area (Å²) in [6, 6.07) is 5.03. The summed E-state index contributed by atoms with van der Waals surface area (Å²) in [5.74, 6) is -3.14. The van der Waals surface area contributed by atoms with E-state index >= 15 is 0 Å². The normalized spacial score (nSPS) is 15.7. The first-order valence-electron chi connectivity index (χ1n) is 10.3. The number of carbonyl (C=O) groups excluding carboxylic acids is 1. The smallest absolute Gasteiger partial charge is 0.248 e. The lowest BCUT2D eigenvalue weighted by molar-refractivity contribution is -0.116. The number of nitrogens with zero attached hydrogens (tertiary/aromatic N) is 2. The maximum absolute atomic E-state index is 13.7. The number of methoxy groups -OCH3 is 1. The Morgan fingerprint density at radius 2 is 1.71 bits per heavy atom. The lowest BCUT2D eigenvalue weighted by atomic mass is 10.2. The molecule has 0 spiro atoms. The van der Waals surface area contributed by atoms with Gasteiger partial charge in [-0.15, -0.1) is 0 Å². The zero-order valence-electron chi connectivity index (χ0n) is 18.8. The Labute approximate surface area is 197 Å². The quantitative estimate of drug-likeness (QED) is 0.576. The van der Waals surface area contributed by atoms with Crippen LogP contribution in [0.2, 0.25) is 0 Å². The van der Waals surface area contributed by atoms with Gasteiger partial charge in [-0.05, 0) is 50.1 Å². The Morgan fingerprint density at radius 1 is 1.06 bits per heavy atom. The highest BCUT2D eigenvalue weighted by molar-refractivity contribution is 7.92. The van der Waals surface area contributed by atoms with Crippen molar-refractivity contribution in [1.29, 1.82) is 0 Å². The number of carbonyl (C=O) groups is 1. The van der Waals surface area contributed by atoms with Gasteiger partial charge < -0.3 is 10.1 Å². The molecule has 1 amide bonds. The molecule has 3 rings (SSSR count). The van der Waals surface area contributed by atoms with Gasteiger partial charge in [0, 0.05) is 19.2 Å². The fourth-order valence-corrected chi connectivity index (χ4v) is 6.40. The predicted molar refractivity (Wildman–Crippen MR) is 123 cm³/mol. The minimum absolute atomic E-state index is 0.0124. The highest BCUT2D eigenvalue weighted by Crippen LogP contribution is 2.31. The van der Waals surface area contributed by atoms with E-state index in [9.17, 15) is 30.4 Å². The van der Waals surface area contributed by atoms with Gasteiger partial charge in [0.25, 0.3) is 0 Å². The van der Waals surface area contributed by atoms with Gasteiger partial charge in [0.1, 0.15) is 11.8 Å². The molecular weight excluding hydrogens is 492 g/mol. The first kappa shape index (κ1) is 25.8. The van der Waals surface area contributed by atoms with Gasteiger partial charge in [-0.25, -0.2) is 25.6 Å². The maximum Gasteiger partial charge on any atom is 0.248 e. The number of rotatable bonds is 8. The number of ether oxygens (including phenoxy) is 1. The fourth-order valence-electron chi connectivity index (χ4n) is 3.69. The van der Waals surface area contributed by atoms with Crippen molar-refractivity contribution in [2.24, 2.45) is 0 Å². The molecule has 2 aromatic rings. The van der Waals surface area contributed by atoms with Crippen LogP contribution in [0.5, 0.6) is 5.75 Å². The van der Waals surface area contributed by atoms with E-state index < -0.39 is 43.6 Å². The average Bonchev–Trinajstić information content (AvgIpc) is 3.31. The Hall–Kier alpha value is -2.77. The molecule has 1 N–H and O–H groups in total. The predicted octanol–water partition coefficient (Wildman–Crippen LogP) is 2.55. The summed E-state index contributed by atoms with van der Waals surface area (Å²) in [7, 11) is -6.56. The van der Waals surface area contributed by atoms with Crippen molar-refractivity contribution in [1.82, 2.24) is 4.31 Å². The van der Waals surface area contributed by atoms with Gasteiger partial charge in [0.05, 0.1) is 29.6 Å². The van der Waals surface area contributed by atoms with E-state index in [4.69, 9.17) is 4.74 Å². The van der Waals surface area contributed by atoms with Crippen LogP contribution in [0, 0.1) is 11.6 Å². The molecule has 1 fully saturated rings. The van der Waals surface area contributed by atoms with Crippen molar-refractivity contribution in [2.45, 2.75) is 30.7 Å². The standard InChI is InChI=1S/C21H25F2N3O6S2/c1-14(26(33(3,28)29)15-6-8-17(22)18(23)12-15)21(27)24-19-13-16(7-9-20(19)32-2)34(30,31)25-10-4-5-11-25/h6-9,12-14H,4-5,10-11H2,1-3H3,(H,24,27)/t14-/m0/s1. The van der Waals surface area contributed by atoms with Crippen LogP contribution in [0.4, 0.5) is 20.2 Å². The number of nitrogens with one attached hydrogen (secondary N) is 1. The second-order valence-corrected chi connectivity index (χ2v) is 11.6. The fraction of sp³-hybridized carbons (Fsp3) is 0.381. The zero-order valence-corrected chi connectivity index (χ0v) is 20.4. The van der Waals surface area contributed by atoms with Gasteiger partial charge >= 0.3 is 0 Å². The third-order valence-electron chi connectivity index (χ3n) is 5.38. The summed E-state index contributed by atoms with van der Waals surface area (Å²) in [4.78, 5) is 13.0. The van der Waals surface area contributed by atoms with Crippen LogP contribution in [-0.2, 0) is 24.8 Å². The van der Waals surface area contributed by atoms with Crippen molar-refractivity contribution in [2.75, 3.05) is 36.1 Å². The zero-order chi connectivity index (χ0) is 25.3. The Balaban J connectivity index is 1.94. The van der Waals surface area contributed by atoms with E-state index in [0.29, 0.717) is 23.5 Å². The molecule has 0 aliphatic carbocycles. The van der Waals surface area contributed by atoms with E-state index in [1.807, 2.05) is 0 Å². The third kappa shape index (κ3) is 5.31. The molecule has 0 aromatic heterocycles. The number of benzene rings is 2. The maximum atomic E-state index is 13.7. The first-order chi connectivity index (χ1) is 15.9. The highest BCUT2D eigenvalue weighted by atomic mass is 32.2. The minimum atomic E-state index is -4.09. The number of hydrogen-bond acceptors (Lipinski definition) is 6. The van der Waals surface area contributed by atoms with Crippen molar-refractivity contribution >= 4 is 37.3 Å². The topological polar surface area (TPSA) is 113 Å². The van der Waals surface area contributed by atoms with Gasteiger partial charge in [0.15, 0.2) is 11.6 Å². The molecule has 0 saturated carbocycles. The summed E-state index contributed by atoms with van der Waals surface area (Å²) in [6.45, 7) is 2.05. The van der Waals surface area contributed by atoms with Gasteiger partial charge in [-0.2, -0.15) is 4.31 Å². The van der Waals surface area contributed by atoms with Gasteiger partial charge in [-0.3, -0.25) is 9.10 Å². The molecule has 0 unspecified atom stereocenters. The van der Waals surface area contributed by atoms with Crippen LogP contribution in [-0.4, -0.2) is 59.5 Å². The van der Waals surface area contributed by atoms with E-state index in [1.54, 1.807) is 0 Å². The van der Waals surface area contributed by atoms with Gasteiger partial charge in [0.2, 0.25) is 26.0 Å². The van der Waals surface area contributed by atoms with E-state index in [1.165, 1.54) is 36.5 Å². The molecule has 1 heterocycles. The monoisotopic (exact) mass is 517 g/mol. The van der Waals surface area contributed by atoms with Crippen LogP contribution < -0.4 is 14.4 Å². The number of anilines is 2. The summed E-state index contributed by atoms with van der Waals surface area (Å²) >= 11 is 0. The minimum Gasteiger partial charge on any atom is -0.495 e. The van der Waals surface area contributed by atoms with E-state index in [2.05, 4.69) is 5.32 Å². The molecule has 1 saturated heterocycles. The highest BCUT2D eigenvalue weighted by Gasteiger charge is 2.31. The second-order valence-electron chi connectivity index (χ2n) is 7.80. The summed E-state index contributed by atoms with van der Waals surface area (Å²) in [5.41, 5.74) is -0.236. The average molecular weight is 518 g/mol. The SMILES string of the molecule is COc1ccc(S(=O)(=O)N2CCCC2)cc1NC(=O)[C@H](C)N(c1ccc(F)c(F)c1)S(C)(=O)=O. The largest absolute Gasteiger partial charge is 0.495 e. The molecule has 0 bridgehead atoms. The molecule has 1 atom stereocenters. The number of hydrogen-bond donors (Lipinski definition) is 1. The van der Waals surface area contributed by atoms with Gasteiger partial charge in [-0.1, -0.05) is 0 Å². The van der Waals surface area contributed by atoms with Crippen LogP contribution in [0.25, 0.3) is 0 Å². The Kier molecular flexibility index (Phi) is 7.48. The second kappa shape index (κ2) is 9.84. The van der Waals surface area contributed by atoms with Crippen molar-refractivity contribution in [3.63, 3.8) is 0 Å². The van der Waals surface area contributed by atoms with Crippen LogP contribution >= 0.6 is 0 Å². The summed E-state index contributed by atoms with van der Waals surface area (Å²) in [6.07, 6.45) is 2.32. The van der Waals surface area contributed by atoms with Crippen molar-refractivity contribution in [3.8, 4) is 5.75 Å². The van der Waals surface area contributed by atoms with Crippen LogP contribution in [0.3, 0.4) is 0 Å².